The van der Waals surface area contributed by atoms with Crippen LogP contribution in [-0.2, 0) is 9.59 Å². The Morgan fingerprint density at radius 1 is 0.473 bits per heavy atom. The Kier molecular flexibility index (Phi) is 12.7. The van der Waals surface area contributed by atoms with E-state index < -0.39 is 35.0 Å². The summed E-state index contributed by atoms with van der Waals surface area (Å²) < 4.78 is 32.3. The predicted octanol–water partition coefficient (Wildman–Crippen LogP) is 6.96. The Labute approximate surface area is 420 Å². The maximum absolute atomic E-state index is 14.8. The number of ketones is 2. The zero-order chi connectivity index (χ0) is 50.7. The van der Waals surface area contributed by atoms with Gasteiger partial charge in [-0.1, -0.05) is 107 Å². The lowest BCUT2D eigenvalue weighted by Gasteiger charge is -2.36. The molecule has 2 saturated heterocycles. The molecule has 2 fully saturated rings. The highest BCUT2D eigenvalue weighted by Crippen LogP contribution is 2.34. The van der Waals surface area contributed by atoms with Crippen molar-refractivity contribution in [3.05, 3.63) is 182 Å². The number of amides is 2. The number of carbonyl (C=O) groups excluding carboxylic acids is 4. The van der Waals surface area contributed by atoms with Crippen LogP contribution in [0.3, 0.4) is 0 Å². The van der Waals surface area contributed by atoms with Gasteiger partial charge >= 0.3 is 0 Å². The molecule has 0 aliphatic carbocycles. The third-order valence-corrected chi connectivity index (χ3v) is 13.2. The van der Waals surface area contributed by atoms with Crippen molar-refractivity contribution >= 4 is 56.6 Å². The molecule has 0 radical (unpaired) electrons. The molecule has 0 unspecified atom stereocenters. The molecule has 0 saturated carbocycles. The monoisotopic (exact) mass is 990 g/mol. The third kappa shape index (κ3) is 8.88. The summed E-state index contributed by atoms with van der Waals surface area (Å²) in [7, 11) is 0. The van der Waals surface area contributed by atoms with E-state index in [0.717, 1.165) is 46.0 Å². The molecule has 2 N–H and O–H groups in total. The van der Waals surface area contributed by atoms with E-state index in [0.29, 0.717) is 52.4 Å². The van der Waals surface area contributed by atoms with Crippen molar-refractivity contribution in [1.82, 2.24) is 59.7 Å². The van der Waals surface area contributed by atoms with Crippen LogP contribution < -0.4 is 9.80 Å². The van der Waals surface area contributed by atoms with Crippen LogP contribution in [0.2, 0.25) is 0 Å². The molecule has 0 atom stereocenters. The highest BCUT2D eigenvalue weighted by Gasteiger charge is 2.33. The number of halogens is 2. The Morgan fingerprint density at radius 2 is 0.851 bits per heavy atom. The lowest BCUT2D eigenvalue weighted by Crippen LogP contribution is -2.50. The summed E-state index contributed by atoms with van der Waals surface area (Å²) in [6.45, 7) is 3.82. The average molecular weight is 991 g/mol. The van der Waals surface area contributed by atoms with Crippen LogP contribution in [-0.4, -0.2) is 135 Å². The van der Waals surface area contributed by atoms with Crippen LogP contribution in [0, 0.1) is 11.6 Å². The van der Waals surface area contributed by atoms with Gasteiger partial charge < -0.3 is 29.6 Å². The summed E-state index contributed by atoms with van der Waals surface area (Å²) in [5.41, 5.74) is 7.11. The van der Waals surface area contributed by atoms with Crippen molar-refractivity contribution in [2.24, 2.45) is 0 Å². The van der Waals surface area contributed by atoms with Gasteiger partial charge in [0.05, 0.1) is 70.1 Å². The largest absolute Gasteiger partial charge is 0.367 e. The number of anilines is 2. The van der Waals surface area contributed by atoms with Crippen LogP contribution in [0.1, 0.15) is 20.7 Å². The van der Waals surface area contributed by atoms with Gasteiger partial charge in [0.2, 0.25) is 0 Å². The molecule has 0 spiro atoms. The zero-order valence-corrected chi connectivity index (χ0v) is 39.4. The number of pyridine rings is 2. The first-order valence-corrected chi connectivity index (χ1v) is 23.7. The first-order chi connectivity index (χ1) is 36.2. The van der Waals surface area contributed by atoms with E-state index in [9.17, 15) is 28.0 Å². The summed E-state index contributed by atoms with van der Waals surface area (Å²) >= 11 is 0. The average Bonchev–Trinajstić information content (AvgIpc) is 4.33. The fourth-order valence-electron chi connectivity index (χ4n) is 9.58. The second kappa shape index (κ2) is 20.2. The van der Waals surface area contributed by atoms with E-state index in [1.807, 2.05) is 60.7 Å². The quantitative estimate of drug-likeness (QED) is 0.106. The van der Waals surface area contributed by atoms with Gasteiger partial charge in [0, 0.05) is 87.3 Å². The number of nitrogens with one attached hydrogen (secondary N) is 2. The van der Waals surface area contributed by atoms with Crippen LogP contribution in [0.4, 0.5) is 20.2 Å². The number of aromatic amines is 2. The number of hydrogen-bond acceptors (Lipinski definition) is 12. The summed E-state index contributed by atoms with van der Waals surface area (Å²) in [5, 5.41) is 15.3. The highest BCUT2D eigenvalue weighted by atomic mass is 19.1. The summed E-state index contributed by atoms with van der Waals surface area (Å²) in [5.74, 6) is -3.67. The number of piperazine rings is 2. The Balaban J connectivity index is 0.000000159. The van der Waals surface area contributed by atoms with Gasteiger partial charge in [-0.05, 0) is 23.3 Å². The van der Waals surface area contributed by atoms with Gasteiger partial charge in [-0.2, -0.15) is 0 Å². The third-order valence-electron chi connectivity index (χ3n) is 13.2. The van der Waals surface area contributed by atoms with Gasteiger partial charge in [0.25, 0.3) is 23.4 Å². The molecule has 10 aromatic rings. The van der Waals surface area contributed by atoms with Gasteiger partial charge in [-0.15, -0.1) is 10.2 Å². The molecule has 20 heteroatoms. The predicted molar refractivity (Wildman–Crippen MR) is 272 cm³/mol. The van der Waals surface area contributed by atoms with Crippen molar-refractivity contribution in [2.75, 3.05) is 62.2 Å². The van der Waals surface area contributed by atoms with E-state index in [1.54, 1.807) is 12.4 Å². The Bertz CT molecular complexity index is 3420. The molecule has 2 amide bonds. The van der Waals surface area contributed by atoms with Crippen LogP contribution in [0.15, 0.2) is 159 Å². The molecular weight excluding hydrogens is 947 g/mol. The second-order valence-electron chi connectivity index (χ2n) is 17.4. The lowest BCUT2D eigenvalue weighted by molar-refractivity contribution is -0.127. The van der Waals surface area contributed by atoms with E-state index in [2.05, 4.69) is 98.9 Å². The number of carbonyl (C=O) groups is 4. The number of fused-ring (bicyclic) bond motifs is 2. The molecule has 0 bridgehead atoms. The molecule has 368 valence electrons. The topological polar surface area (TPSA) is 200 Å². The smallest absolute Gasteiger partial charge is 0.295 e. The van der Waals surface area contributed by atoms with Crippen LogP contribution in [0.25, 0.3) is 55.7 Å². The molecule has 6 aromatic heterocycles. The SMILES string of the molecule is O=C(C(=O)N1CCN(c2ccccc2-c2ccccc2)CC1)c1c[nH]c2c(-n3ccnn3)ncc(F)c12.O=C(C(=O)N1CCN(c2ccccc2-c2ccccc2)CC1)c1c[nH]c2c(-n3ccnn3)ncc(F)c12. The summed E-state index contributed by atoms with van der Waals surface area (Å²) in [6, 6.07) is 36.6. The van der Waals surface area contributed by atoms with E-state index in [4.69, 9.17) is 0 Å². The van der Waals surface area contributed by atoms with E-state index in [1.165, 1.54) is 44.0 Å². The first-order valence-electron chi connectivity index (χ1n) is 23.7. The van der Waals surface area contributed by atoms with Crippen molar-refractivity contribution in [2.45, 2.75) is 0 Å². The molecule has 2 aliphatic rings. The van der Waals surface area contributed by atoms with Gasteiger partial charge in [0.15, 0.2) is 23.3 Å². The minimum Gasteiger partial charge on any atom is -0.367 e. The van der Waals surface area contributed by atoms with Crippen molar-refractivity contribution in [3.63, 3.8) is 0 Å². The number of Topliss-reactive ketones (excluding diaryl/α,β-unsaturated/α-hetero) is 2. The number of rotatable bonds is 10. The zero-order valence-electron chi connectivity index (χ0n) is 39.4. The Hall–Kier alpha value is -9.72. The van der Waals surface area contributed by atoms with Crippen LogP contribution in [0.5, 0.6) is 0 Å². The Morgan fingerprint density at radius 3 is 1.23 bits per heavy atom. The van der Waals surface area contributed by atoms with Gasteiger partial charge in [0.1, 0.15) is 0 Å². The van der Waals surface area contributed by atoms with Crippen molar-refractivity contribution in [3.8, 4) is 33.9 Å². The molecular formula is C54H44F2N14O4. The van der Waals surface area contributed by atoms with E-state index in [-0.39, 0.29) is 44.6 Å². The number of aromatic nitrogens is 10. The number of hydrogen-bond donors (Lipinski definition) is 2. The summed E-state index contributed by atoms with van der Waals surface area (Å²) in [6.07, 6.45) is 10.8. The maximum atomic E-state index is 14.8. The number of para-hydroxylation sites is 2. The summed E-state index contributed by atoms with van der Waals surface area (Å²) in [4.78, 5) is 74.2. The highest BCUT2D eigenvalue weighted by molar-refractivity contribution is 6.45. The molecule has 8 heterocycles. The lowest BCUT2D eigenvalue weighted by atomic mass is 10.0. The standard InChI is InChI=1S/2C27H22FN7O2/c2*28-21-17-30-26(35-11-10-31-32-35)24-23(21)20(16-29-24)25(36)27(37)34-14-12-33(13-15-34)22-9-5-4-8-19(22)18-6-2-1-3-7-18/h2*1-11,16-17,29H,12-15H2. The molecule has 4 aromatic carbocycles. The normalized spacial score (nSPS) is 13.8. The van der Waals surface area contributed by atoms with Crippen LogP contribution >= 0.6 is 0 Å². The van der Waals surface area contributed by atoms with Crippen molar-refractivity contribution in [1.29, 1.82) is 0 Å². The van der Waals surface area contributed by atoms with Gasteiger partial charge in [-0.25, -0.2) is 28.1 Å². The molecule has 12 rings (SSSR count). The minimum absolute atomic E-state index is 0.00859. The van der Waals surface area contributed by atoms with Gasteiger partial charge in [-0.3, -0.25) is 19.2 Å². The fourth-order valence-corrected chi connectivity index (χ4v) is 9.58. The number of H-pyrrole nitrogens is 2. The van der Waals surface area contributed by atoms with E-state index >= 15 is 0 Å². The molecule has 2 aliphatic heterocycles. The minimum atomic E-state index is -0.765. The number of benzene rings is 4. The first kappa shape index (κ1) is 46.7. The molecule has 74 heavy (non-hydrogen) atoms. The maximum Gasteiger partial charge on any atom is 0.295 e. The second-order valence-corrected chi connectivity index (χ2v) is 17.4. The number of nitrogens with zero attached hydrogens (tertiary/aromatic N) is 12. The van der Waals surface area contributed by atoms with Crippen molar-refractivity contribution < 1.29 is 28.0 Å². The molecule has 18 nitrogen and oxygen atoms in total. The fraction of sp³-hybridized carbons (Fsp3) is 0.148.